The minimum absolute atomic E-state index is 0.160. The molecule has 0 aliphatic heterocycles. The van der Waals surface area contributed by atoms with Crippen LogP contribution in [0.15, 0.2) is 0 Å². The van der Waals surface area contributed by atoms with E-state index < -0.39 is 12.0 Å². The summed E-state index contributed by atoms with van der Waals surface area (Å²) in [7, 11) is 1.63. The smallest absolute Gasteiger partial charge is 0.326 e. The zero-order valence-corrected chi connectivity index (χ0v) is 10.5. The number of nitrogens with zero attached hydrogens (tertiary/aromatic N) is 1. The fourth-order valence-electron chi connectivity index (χ4n) is 1.34. The first-order chi connectivity index (χ1) is 8.02. The molecule has 0 bridgehead atoms. The number of carbonyl (C=O) groups is 2. The van der Waals surface area contributed by atoms with E-state index in [1.54, 1.807) is 14.0 Å². The van der Waals surface area contributed by atoms with Crippen LogP contribution in [-0.4, -0.2) is 53.4 Å². The van der Waals surface area contributed by atoms with Gasteiger partial charge in [0.25, 0.3) is 0 Å². The number of carboxylic acid groups (broad SMARTS) is 1. The number of aliphatic carboxylic acids is 1. The molecule has 0 heterocycles. The van der Waals surface area contributed by atoms with E-state index in [-0.39, 0.29) is 12.6 Å². The molecule has 0 aliphatic carbocycles. The van der Waals surface area contributed by atoms with Crippen LogP contribution < -0.4 is 5.32 Å². The summed E-state index contributed by atoms with van der Waals surface area (Å²) in [5.74, 6) is -1.02. The number of hydrogen-bond acceptors (Lipinski definition) is 3. The Kier molecular flexibility index (Phi) is 8.13. The molecule has 0 aromatic heterocycles. The average Bonchev–Trinajstić information content (AvgIpc) is 2.30. The molecule has 3 N–H and O–H groups in total. The van der Waals surface area contributed by atoms with Gasteiger partial charge in [0.15, 0.2) is 0 Å². The normalized spacial score (nSPS) is 11.9. The highest BCUT2D eigenvalue weighted by Gasteiger charge is 2.19. The fraction of sp³-hybridized carbons (Fsp3) is 0.818. The summed E-state index contributed by atoms with van der Waals surface area (Å²) in [6.45, 7) is 2.43. The minimum Gasteiger partial charge on any atom is -0.480 e. The van der Waals surface area contributed by atoms with Crippen molar-refractivity contribution < 1.29 is 19.8 Å². The number of aliphatic hydroxyl groups excluding tert-OH is 1. The molecule has 1 atom stereocenters. The number of unbranched alkanes of at least 4 members (excludes halogenated alkanes) is 2. The van der Waals surface area contributed by atoms with Crippen LogP contribution in [0.5, 0.6) is 0 Å². The molecule has 0 saturated heterocycles. The monoisotopic (exact) mass is 246 g/mol. The predicted octanol–water partition coefficient (Wildman–Crippen LogP) is 0.654. The van der Waals surface area contributed by atoms with E-state index in [1.807, 2.05) is 0 Å². The first-order valence-corrected chi connectivity index (χ1v) is 5.88. The second-order valence-corrected chi connectivity index (χ2v) is 3.95. The van der Waals surface area contributed by atoms with Crippen molar-refractivity contribution in [1.82, 2.24) is 10.2 Å². The lowest BCUT2D eigenvalue weighted by molar-refractivity contribution is -0.139. The van der Waals surface area contributed by atoms with E-state index in [0.717, 1.165) is 19.3 Å². The summed E-state index contributed by atoms with van der Waals surface area (Å²) in [5.41, 5.74) is 0. The minimum atomic E-state index is -1.02. The molecule has 2 amide bonds. The van der Waals surface area contributed by atoms with Crippen molar-refractivity contribution in [2.24, 2.45) is 0 Å². The lowest BCUT2D eigenvalue weighted by Gasteiger charge is -2.20. The summed E-state index contributed by atoms with van der Waals surface area (Å²) in [6, 6.07) is -1.20. The Bertz CT molecular complexity index is 246. The summed E-state index contributed by atoms with van der Waals surface area (Å²) < 4.78 is 0. The lowest BCUT2D eigenvalue weighted by Crippen LogP contribution is -2.46. The SMILES string of the molecule is CCC(NC(=O)N(C)CCCCCO)C(=O)O. The van der Waals surface area contributed by atoms with Gasteiger partial charge in [-0.2, -0.15) is 0 Å². The first kappa shape index (κ1) is 15.7. The Balaban J connectivity index is 3.91. The Labute approximate surface area is 102 Å². The molecule has 6 heteroatoms. The molecular weight excluding hydrogens is 224 g/mol. The Morgan fingerprint density at radius 2 is 1.94 bits per heavy atom. The first-order valence-electron chi connectivity index (χ1n) is 5.88. The maximum Gasteiger partial charge on any atom is 0.326 e. The van der Waals surface area contributed by atoms with Gasteiger partial charge in [0.05, 0.1) is 0 Å². The van der Waals surface area contributed by atoms with E-state index >= 15 is 0 Å². The van der Waals surface area contributed by atoms with Crippen molar-refractivity contribution in [1.29, 1.82) is 0 Å². The molecule has 17 heavy (non-hydrogen) atoms. The summed E-state index contributed by atoms with van der Waals surface area (Å²) in [6.07, 6.45) is 2.74. The van der Waals surface area contributed by atoms with Crippen LogP contribution in [0, 0.1) is 0 Å². The van der Waals surface area contributed by atoms with Gasteiger partial charge in [-0.3, -0.25) is 0 Å². The van der Waals surface area contributed by atoms with E-state index in [1.165, 1.54) is 4.90 Å². The average molecular weight is 246 g/mol. The number of urea groups is 1. The fourth-order valence-corrected chi connectivity index (χ4v) is 1.34. The predicted molar refractivity (Wildman–Crippen MR) is 63.8 cm³/mol. The zero-order chi connectivity index (χ0) is 13.3. The quantitative estimate of drug-likeness (QED) is 0.549. The number of hydrogen-bond donors (Lipinski definition) is 3. The highest BCUT2D eigenvalue weighted by atomic mass is 16.4. The highest BCUT2D eigenvalue weighted by molar-refractivity contribution is 5.82. The van der Waals surface area contributed by atoms with Crippen LogP contribution in [0.1, 0.15) is 32.6 Å². The van der Waals surface area contributed by atoms with Crippen molar-refractivity contribution >= 4 is 12.0 Å². The van der Waals surface area contributed by atoms with Gasteiger partial charge in [0.1, 0.15) is 6.04 Å². The Morgan fingerprint density at radius 3 is 2.41 bits per heavy atom. The van der Waals surface area contributed by atoms with Gasteiger partial charge in [0, 0.05) is 20.2 Å². The van der Waals surface area contributed by atoms with E-state index in [2.05, 4.69) is 5.32 Å². The largest absolute Gasteiger partial charge is 0.480 e. The number of rotatable bonds is 8. The van der Waals surface area contributed by atoms with E-state index in [9.17, 15) is 9.59 Å². The van der Waals surface area contributed by atoms with Crippen molar-refractivity contribution in [2.45, 2.75) is 38.6 Å². The molecule has 100 valence electrons. The topological polar surface area (TPSA) is 89.9 Å². The lowest BCUT2D eigenvalue weighted by atomic mass is 10.2. The molecule has 0 radical (unpaired) electrons. The molecule has 0 fully saturated rings. The molecule has 6 nitrogen and oxygen atoms in total. The molecule has 1 unspecified atom stereocenters. The third-order valence-electron chi connectivity index (χ3n) is 2.50. The Morgan fingerprint density at radius 1 is 1.29 bits per heavy atom. The maximum absolute atomic E-state index is 11.6. The Hall–Kier alpha value is -1.30. The second-order valence-electron chi connectivity index (χ2n) is 3.95. The van der Waals surface area contributed by atoms with Gasteiger partial charge in [-0.15, -0.1) is 0 Å². The molecule has 0 spiro atoms. The number of carbonyl (C=O) groups excluding carboxylic acids is 1. The molecule has 0 aromatic carbocycles. The van der Waals surface area contributed by atoms with Gasteiger partial charge >= 0.3 is 12.0 Å². The van der Waals surface area contributed by atoms with Crippen LogP contribution >= 0.6 is 0 Å². The third-order valence-corrected chi connectivity index (χ3v) is 2.50. The van der Waals surface area contributed by atoms with Gasteiger partial charge in [-0.05, 0) is 25.7 Å². The summed E-state index contributed by atoms with van der Waals surface area (Å²) in [4.78, 5) is 23.8. The molecule has 0 rings (SSSR count). The molecule has 0 aromatic rings. The molecule has 0 saturated carbocycles. The van der Waals surface area contributed by atoms with Crippen molar-refractivity contribution in [3.63, 3.8) is 0 Å². The zero-order valence-electron chi connectivity index (χ0n) is 10.5. The maximum atomic E-state index is 11.6. The standard InChI is InChI=1S/C11H22N2O4/c1-3-9(10(15)16)12-11(17)13(2)7-5-4-6-8-14/h9,14H,3-8H2,1-2H3,(H,12,17)(H,15,16). The van der Waals surface area contributed by atoms with E-state index in [0.29, 0.717) is 13.0 Å². The number of aliphatic hydroxyl groups is 1. The van der Waals surface area contributed by atoms with Crippen LogP contribution in [0.3, 0.4) is 0 Å². The van der Waals surface area contributed by atoms with Crippen molar-refractivity contribution in [3.8, 4) is 0 Å². The number of carboxylic acids is 1. The van der Waals surface area contributed by atoms with Gasteiger partial charge in [-0.1, -0.05) is 6.92 Å². The van der Waals surface area contributed by atoms with E-state index in [4.69, 9.17) is 10.2 Å². The van der Waals surface area contributed by atoms with Crippen LogP contribution in [0.2, 0.25) is 0 Å². The van der Waals surface area contributed by atoms with Gasteiger partial charge < -0.3 is 20.4 Å². The second kappa shape index (κ2) is 8.81. The van der Waals surface area contributed by atoms with Crippen LogP contribution in [0.25, 0.3) is 0 Å². The number of nitrogens with one attached hydrogen (secondary N) is 1. The summed E-state index contributed by atoms with van der Waals surface area (Å²) in [5, 5.41) is 19.8. The van der Waals surface area contributed by atoms with Crippen LogP contribution in [0.4, 0.5) is 4.79 Å². The third kappa shape index (κ3) is 6.78. The van der Waals surface area contributed by atoms with Crippen molar-refractivity contribution in [2.75, 3.05) is 20.2 Å². The van der Waals surface area contributed by atoms with Crippen molar-refractivity contribution in [3.05, 3.63) is 0 Å². The number of amides is 2. The van der Waals surface area contributed by atoms with Gasteiger partial charge in [-0.25, -0.2) is 9.59 Å². The summed E-state index contributed by atoms with van der Waals surface area (Å²) >= 11 is 0. The van der Waals surface area contributed by atoms with Gasteiger partial charge in [0.2, 0.25) is 0 Å². The molecule has 0 aliphatic rings. The van der Waals surface area contributed by atoms with Crippen LogP contribution in [-0.2, 0) is 4.79 Å². The highest BCUT2D eigenvalue weighted by Crippen LogP contribution is 1.98. The molecular formula is C11H22N2O4.